The average molecular weight is 2160 g/mol. The first-order valence-electron chi connectivity index (χ1n) is 37.7. The molecule has 0 radical (unpaired) electrons. The fraction of sp³-hybridized carbons (Fsp3) is 0.217. The number of carbonyl (C=O) groups is 5. The molecule has 4 N–H and O–H groups in total. The van der Waals surface area contributed by atoms with E-state index in [2.05, 4.69) is 245 Å². The summed E-state index contributed by atoms with van der Waals surface area (Å²) in [7, 11) is 24.0. The first-order valence-corrected chi connectivity index (χ1v) is 55.8. The summed E-state index contributed by atoms with van der Waals surface area (Å²) in [6, 6.07) is 73.4. The maximum atomic E-state index is 11.5. The van der Waals surface area contributed by atoms with Crippen molar-refractivity contribution in [1.29, 1.82) is 0 Å². The van der Waals surface area contributed by atoms with E-state index < -0.39 is 18.4 Å². The second-order valence-corrected chi connectivity index (χ2v) is 53.2. The predicted molar refractivity (Wildman–Crippen MR) is 539 cm³/mol. The SMILES string of the molecule is CC(=O)c1ccc(N(C)C)cc1.CC(=O)c1ccc(N)cc1.CN(C)c1ccc(-c2cn3c(n2)sc2c[c]([Sn]([CH3])([CH3])[CH3])ccc23)cc1.CN(C)c1ccc(-c2cn3c(n2)sc2cc(Br)ccc23)cc1.CN(C)c1ccc(C(=O)C(Br)Br)cc1.CN(C)c1ccc(C(=O)CBr)cc1.CN(C)c1ccc(C(=O)CBr)cc1.Nc1nc2ccc(Br)cc2s1. The van der Waals surface area contributed by atoms with Gasteiger partial charge in [0.15, 0.2) is 39.0 Å². The molecule has 5 heterocycles. The summed E-state index contributed by atoms with van der Waals surface area (Å²) in [6.07, 6.45) is 4.28. The number of nitrogens with two attached hydrogens (primary N) is 2. The molecule has 10 aromatic carbocycles. The summed E-state index contributed by atoms with van der Waals surface area (Å²) in [5, 5.41) is 1.39. The van der Waals surface area contributed by atoms with E-state index in [9.17, 15) is 24.0 Å². The monoisotopic (exact) mass is 2160 g/mol. The van der Waals surface area contributed by atoms with Gasteiger partial charge in [0.05, 0.1) is 36.8 Å². The molecule has 0 amide bonds. The van der Waals surface area contributed by atoms with E-state index in [1.165, 1.54) is 50.1 Å². The van der Waals surface area contributed by atoms with Gasteiger partial charge in [0, 0.05) is 167 Å². The van der Waals surface area contributed by atoms with Gasteiger partial charge in [0.2, 0.25) is 0 Å². The van der Waals surface area contributed by atoms with E-state index in [1.54, 1.807) is 57.4 Å². The number of hydrogen-bond acceptors (Lipinski definition) is 19. The van der Waals surface area contributed by atoms with Crippen LogP contribution in [-0.4, -0.2) is 170 Å². The van der Waals surface area contributed by atoms with Gasteiger partial charge in [-0.05, 0) is 184 Å². The van der Waals surface area contributed by atoms with Crippen LogP contribution in [0.4, 0.5) is 44.9 Å². The number of Topliss-reactive ketones (excluding diaryl/α,β-unsaturated/α-hetero) is 5. The van der Waals surface area contributed by atoms with Gasteiger partial charge in [-0.2, -0.15) is 0 Å². The van der Waals surface area contributed by atoms with Gasteiger partial charge in [-0.15, -0.1) is 0 Å². The maximum Gasteiger partial charge on any atom is 0.195 e. The van der Waals surface area contributed by atoms with Gasteiger partial charge in [0.25, 0.3) is 0 Å². The van der Waals surface area contributed by atoms with Crippen LogP contribution in [-0.2, 0) is 0 Å². The Morgan fingerprint density at radius 3 is 1.05 bits per heavy atom. The molecule has 0 aliphatic heterocycles. The summed E-state index contributed by atoms with van der Waals surface area (Å²) in [6.45, 7) is 3.11. The minimum atomic E-state index is -2.03. The number of ketones is 5. The molecule has 0 aliphatic carbocycles. The standard InChI is InChI=1S/C17H14BrN3S.C17H14N3S.C10H11Br2NO.2C10H12BrNO.C10H13NO.C8H9NO.C7H5BrN2S.3CH3.Sn/c1-20(2)13-6-3-11(4-7-13)14-10-21-15-8-5-12(18)9-16(15)22-17(21)19-14;1-19(2)13-9-7-12(8-10-13)14-11-20-15-5-3-4-6-16(15)21-17(20)18-14;1-13(2)8-5-3-7(4-6-8)9(14)10(11)12;2*1-12(2)9-5-3-8(4-6-9)10(13)7-11;1-8(12)9-4-6-10(7-5-9)11(2)3;1-6(10)7-2-4-8(9)5-3-7;8-4-1-2-5-6(3-4)11-7(9)10-5;;;;/h3-10H,1-2H3;3,5-11H,1-2H3;3-6,10H,1-2H3;2*3-6H,7H2,1-2H3;4-7H,1-3H3;2-5H,9H2,1H3;1-3H,(H2,9,10);3*1H3;. The van der Waals surface area contributed by atoms with Gasteiger partial charge in [-0.1, -0.05) is 130 Å². The van der Waals surface area contributed by atoms with Crippen molar-refractivity contribution in [3.63, 3.8) is 0 Å². The summed E-state index contributed by atoms with van der Waals surface area (Å²) in [5.41, 5.74) is 29.9. The fourth-order valence-corrected chi connectivity index (χ4v) is 20.0. The Morgan fingerprint density at radius 1 is 0.392 bits per heavy atom. The zero-order valence-corrected chi connectivity index (χ0v) is 84.9. The number of nitrogens with zero attached hydrogens (tertiary/aromatic N) is 11. The molecular weight excluding hydrogens is 2060 g/mol. The normalized spacial score (nSPS) is 10.7. The number of benzene rings is 10. The van der Waals surface area contributed by atoms with E-state index in [4.69, 9.17) is 21.4 Å². The number of nitrogen functional groups attached to an aromatic ring is 2. The van der Waals surface area contributed by atoms with E-state index in [-0.39, 0.29) is 32.7 Å². The Bertz CT molecular complexity index is 5850. The Hall–Kier alpha value is -8.62. The summed E-state index contributed by atoms with van der Waals surface area (Å²) < 4.78 is 11.5. The minimum Gasteiger partial charge on any atom is -0.378 e. The van der Waals surface area contributed by atoms with Crippen LogP contribution in [0.15, 0.2) is 246 Å². The van der Waals surface area contributed by atoms with Gasteiger partial charge < -0.3 is 36.0 Å². The van der Waals surface area contributed by atoms with E-state index >= 15 is 0 Å². The number of halogens is 6. The van der Waals surface area contributed by atoms with Gasteiger partial charge in [0.1, 0.15) is 3.74 Å². The number of fused-ring (bicyclic) bond motifs is 7. The van der Waals surface area contributed by atoms with Crippen LogP contribution in [0.3, 0.4) is 0 Å². The van der Waals surface area contributed by atoms with E-state index in [1.807, 2.05) is 205 Å². The van der Waals surface area contributed by atoms with Crippen LogP contribution in [0, 0.1) is 0 Å². The zero-order chi connectivity index (χ0) is 88.0. The molecule has 0 fully saturated rings. The molecule has 626 valence electrons. The number of imidazole rings is 2. The molecule has 0 atom stereocenters. The number of rotatable bonds is 17. The molecular formula is C92H99Br6N13O5S3Sn. The van der Waals surface area contributed by atoms with Crippen molar-refractivity contribution in [3.8, 4) is 22.5 Å². The Labute approximate surface area is 770 Å². The molecule has 18 nitrogen and oxygen atoms in total. The Kier molecular flexibility index (Phi) is 36.7. The summed E-state index contributed by atoms with van der Waals surface area (Å²) in [5.74, 6) is 0.450. The van der Waals surface area contributed by atoms with Crippen molar-refractivity contribution in [2.75, 3.05) is 136 Å². The first-order chi connectivity index (χ1) is 56.8. The van der Waals surface area contributed by atoms with Crippen molar-refractivity contribution < 1.29 is 24.0 Å². The third kappa shape index (κ3) is 28.0. The number of carbonyl (C=O) groups excluding carboxylic acids is 5. The van der Waals surface area contributed by atoms with Crippen molar-refractivity contribution in [3.05, 3.63) is 274 Å². The van der Waals surface area contributed by atoms with Crippen LogP contribution in [0.5, 0.6) is 0 Å². The largest absolute Gasteiger partial charge is 0.378 e. The van der Waals surface area contributed by atoms with Crippen LogP contribution < -0.4 is 44.4 Å². The third-order valence-electron chi connectivity index (χ3n) is 18.4. The number of alkyl halides is 4. The van der Waals surface area contributed by atoms with Crippen molar-refractivity contribution in [2.24, 2.45) is 0 Å². The molecule has 15 rings (SSSR count). The van der Waals surface area contributed by atoms with Crippen LogP contribution in [0.25, 0.3) is 63.1 Å². The zero-order valence-electron chi connectivity index (χ0n) is 70.1. The number of anilines is 8. The van der Waals surface area contributed by atoms with Gasteiger partial charge in [-0.25, -0.2) is 9.97 Å². The molecule has 15 aromatic rings. The number of hydrogen-bond donors (Lipinski definition) is 2. The second kappa shape index (κ2) is 45.5. The van der Waals surface area contributed by atoms with Crippen LogP contribution in [0.1, 0.15) is 65.6 Å². The van der Waals surface area contributed by atoms with E-state index in [0.29, 0.717) is 32.6 Å². The molecule has 0 aliphatic rings. The number of aromatic nitrogens is 5. The van der Waals surface area contributed by atoms with Gasteiger partial charge >= 0.3 is 143 Å². The van der Waals surface area contributed by atoms with Gasteiger partial charge in [-0.3, -0.25) is 28.4 Å². The Morgan fingerprint density at radius 2 is 0.708 bits per heavy atom. The number of thiazole rings is 3. The maximum absolute atomic E-state index is 11.5. The van der Waals surface area contributed by atoms with Crippen molar-refractivity contribution in [2.45, 2.75) is 32.4 Å². The fourth-order valence-electron chi connectivity index (χ4n) is 11.3. The van der Waals surface area contributed by atoms with Crippen molar-refractivity contribution in [1.82, 2.24) is 23.8 Å². The first kappa shape index (κ1) is 96.8. The minimum absolute atomic E-state index is 0.0373. The second-order valence-electron chi connectivity index (χ2n) is 29.6. The molecule has 0 saturated carbocycles. The molecule has 0 unspecified atom stereocenters. The molecule has 5 aromatic heterocycles. The topological polar surface area (TPSA) is 204 Å². The third-order valence-corrected chi connectivity index (χ3v) is 29.9. The van der Waals surface area contributed by atoms with Crippen molar-refractivity contribution >= 4 is 266 Å². The predicted octanol–water partition coefficient (Wildman–Crippen LogP) is 23.7. The molecule has 120 heavy (non-hydrogen) atoms. The Balaban J connectivity index is 0.000000175. The molecule has 0 bridgehead atoms. The summed E-state index contributed by atoms with van der Waals surface area (Å²) in [4.78, 5) is 91.1. The molecule has 0 saturated heterocycles. The molecule has 0 spiro atoms. The van der Waals surface area contributed by atoms with Crippen LogP contribution >= 0.6 is 130 Å². The average Bonchev–Trinajstić information content (AvgIpc) is 1.61. The van der Waals surface area contributed by atoms with E-state index in [0.717, 1.165) is 91.0 Å². The molecule has 28 heteroatoms. The van der Waals surface area contributed by atoms with Crippen LogP contribution in [0.2, 0.25) is 14.8 Å². The quantitative estimate of drug-likeness (QED) is 0.0376. The summed E-state index contributed by atoms with van der Waals surface area (Å²) >= 11 is 22.5. The smallest absolute Gasteiger partial charge is 0.195 e.